The summed E-state index contributed by atoms with van der Waals surface area (Å²) in [5.74, 6) is 0. The summed E-state index contributed by atoms with van der Waals surface area (Å²) in [5, 5.41) is 2.97. The maximum absolute atomic E-state index is 3.79. The molecule has 0 spiro atoms. The van der Waals surface area contributed by atoms with Crippen molar-refractivity contribution >= 4 is 6.34 Å². The molecular weight excluding hydrogens is 124 g/mol. The molecule has 0 heterocycles. The molecule has 0 unspecified atom stereocenters. The molecule has 0 aromatic rings. The first-order valence-corrected chi connectivity index (χ1v) is 3.63. The maximum Gasteiger partial charge on any atom is 0.0859 e. The number of rotatable bonds is 4. The van der Waals surface area contributed by atoms with Crippen molar-refractivity contribution in [2.75, 3.05) is 7.05 Å². The largest absolute Gasteiger partial charge is 0.353 e. The van der Waals surface area contributed by atoms with Crippen LogP contribution in [0.5, 0.6) is 0 Å². The normalized spacial score (nSPS) is 12.5. The van der Waals surface area contributed by atoms with Gasteiger partial charge >= 0.3 is 0 Å². The Morgan fingerprint density at radius 1 is 1.60 bits per heavy atom. The van der Waals surface area contributed by atoms with Crippen LogP contribution in [-0.4, -0.2) is 13.4 Å². The average Bonchev–Trinajstić information content (AvgIpc) is 1.89. The van der Waals surface area contributed by atoms with E-state index in [0.717, 1.165) is 6.42 Å². The molecule has 2 heteroatoms. The van der Waals surface area contributed by atoms with Crippen LogP contribution in [0.25, 0.3) is 0 Å². The van der Waals surface area contributed by atoms with Gasteiger partial charge in [-0.15, -0.1) is 0 Å². The van der Waals surface area contributed by atoms with Gasteiger partial charge in [-0.25, -0.2) is 0 Å². The van der Waals surface area contributed by atoms with Crippen molar-refractivity contribution < 1.29 is 0 Å². The summed E-state index contributed by atoms with van der Waals surface area (Å²) >= 11 is 0. The van der Waals surface area contributed by atoms with Crippen LogP contribution in [0.15, 0.2) is 16.8 Å². The van der Waals surface area contributed by atoms with E-state index >= 15 is 0 Å². The standard InChI is InChI=1S/C8H16N2/c1-4-5-8(2)6-10-7-9-3/h6-7H,4-5H2,1-3H3,(H,9,10). The predicted molar refractivity (Wildman–Crippen MR) is 46.2 cm³/mol. The minimum atomic E-state index is 1.16. The van der Waals surface area contributed by atoms with Crippen LogP contribution in [0.2, 0.25) is 0 Å². The average molecular weight is 140 g/mol. The van der Waals surface area contributed by atoms with Crippen molar-refractivity contribution in [2.45, 2.75) is 26.7 Å². The molecule has 0 rings (SSSR count). The lowest BCUT2D eigenvalue weighted by Crippen LogP contribution is -2.01. The number of nitrogens with one attached hydrogen (secondary N) is 1. The van der Waals surface area contributed by atoms with Crippen LogP contribution in [0.1, 0.15) is 26.7 Å². The molecule has 1 N–H and O–H groups in total. The topological polar surface area (TPSA) is 24.4 Å². The third-order valence-corrected chi connectivity index (χ3v) is 1.18. The highest BCUT2D eigenvalue weighted by molar-refractivity contribution is 5.55. The van der Waals surface area contributed by atoms with Crippen molar-refractivity contribution in [2.24, 2.45) is 4.99 Å². The highest BCUT2D eigenvalue weighted by atomic mass is 14.9. The van der Waals surface area contributed by atoms with Crippen molar-refractivity contribution in [1.29, 1.82) is 0 Å². The number of hydrogen-bond acceptors (Lipinski definition) is 1. The summed E-state index contributed by atoms with van der Waals surface area (Å²) < 4.78 is 0. The monoisotopic (exact) mass is 140 g/mol. The van der Waals surface area contributed by atoms with E-state index in [4.69, 9.17) is 0 Å². The van der Waals surface area contributed by atoms with Crippen LogP contribution in [0, 0.1) is 0 Å². The fourth-order valence-electron chi connectivity index (χ4n) is 0.721. The van der Waals surface area contributed by atoms with E-state index in [1.54, 1.807) is 13.4 Å². The van der Waals surface area contributed by atoms with Gasteiger partial charge in [-0.2, -0.15) is 0 Å². The summed E-state index contributed by atoms with van der Waals surface area (Å²) in [4.78, 5) is 3.79. The first-order valence-electron chi connectivity index (χ1n) is 3.63. The molecule has 10 heavy (non-hydrogen) atoms. The van der Waals surface area contributed by atoms with E-state index in [-0.39, 0.29) is 0 Å². The lowest BCUT2D eigenvalue weighted by atomic mass is 10.2. The number of hydrogen-bond donors (Lipinski definition) is 1. The van der Waals surface area contributed by atoms with E-state index in [1.807, 2.05) is 6.20 Å². The highest BCUT2D eigenvalue weighted by Gasteiger charge is 1.83. The van der Waals surface area contributed by atoms with Crippen LogP contribution in [-0.2, 0) is 0 Å². The summed E-state index contributed by atoms with van der Waals surface area (Å²) in [6.45, 7) is 4.28. The number of nitrogens with zero attached hydrogens (tertiary/aromatic N) is 1. The minimum absolute atomic E-state index is 1.16. The molecule has 58 valence electrons. The van der Waals surface area contributed by atoms with Crippen molar-refractivity contribution in [3.05, 3.63) is 11.8 Å². The summed E-state index contributed by atoms with van der Waals surface area (Å²) in [6, 6.07) is 0. The van der Waals surface area contributed by atoms with Gasteiger partial charge in [-0.05, 0) is 13.3 Å². The van der Waals surface area contributed by atoms with E-state index in [1.165, 1.54) is 12.0 Å². The van der Waals surface area contributed by atoms with Gasteiger partial charge in [-0.1, -0.05) is 18.9 Å². The zero-order valence-electron chi connectivity index (χ0n) is 7.02. The van der Waals surface area contributed by atoms with Gasteiger partial charge in [-0.3, -0.25) is 4.99 Å². The molecule has 0 aromatic carbocycles. The third-order valence-electron chi connectivity index (χ3n) is 1.18. The van der Waals surface area contributed by atoms with Gasteiger partial charge in [0, 0.05) is 13.2 Å². The Labute approximate surface area is 63.0 Å². The Morgan fingerprint density at radius 3 is 2.80 bits per heavy atom. The van der Waals surface area contributed by atoms with Gasteiger partial charge in [0.05, 0.1) is 6.34 Å². The molecule has 0 aliphatic rings. The van der Waals surface area contributed by atoms with Gasteiger partial charge in [0.2, 0.25) is 0 Å². The Hall–Kier alpha value is -0.790. The molecule has 0 aromatic heterocycles. The van der Waals surface area contributed by atoms with Crippen LogP contribution < -0.4 is 5.32 Å². The fourth-order valence-corrected chi connectivity index (χ4v) is 0.721. The highest BCUT2D eigenvalue weighted by Crippen LogP contribution is 1.99. The van der Waals surface area contributed by atoms with E-state index < -0.39 is 0 Å². The molecule has 0 atom stereocenters. The van der Waals surface area contributed by atoms with E-state index in [2.05, 4.69) is 24.2 Å². The first kappa shape index (κ1) is 9.21. The number of aliphatic imine (C=N–C) groups is 1. The van der Waals surface area contributed by atoms with E-state index in [9.17, 15) is 0 Å². The van der Waals surface area contributed by atoms with Gasteiger partial charge in [0.15, 0.2) is 0 Å². The summed E-state index contributed by atoms with van der Waals surface area (Å²) in [5.41, 5.74) is 1.36. The molecule has 0 saturated carbocycles. The second-order valence-corrected chi connectivity index (χ2v) is 2.29. The molecule has 0 amide bonds. The molecule has 0 radical (unpaired) electrons. The van der Waals surface area contributed by atoms with Crippen LogP contribution in [0.4, 0.5) is 0 Å². The Balaban J connectivity index is 3.47. The lowest BCUT2D eigenvalue weighted by Gasteiger charge is -1.95. The molecular formula is C8H16N2. The molecule has 0 saturated heterocycles. The maximum atomic E-state index is 3.79. The Morgan fingerprint density at radius 2 is 2.30 bits per heavy atom. The van der Waals surface area contributed by atoms with Crippen LogP contribution in [0.3, 0.4) is 0 Å². The SMILES string of the molecule is CCCC(C)=CNC=NC. The minimum Gasteiger partial charge on any atom is -0.353 e. The smallest absolute Gasteiger partial charge is 0.0859 e. The second kappa shape index (κ2) is 6.33. The molecule has 0 fully saturated rings. The zero-order chi connectivity index (χ0) is 7.82. The molecule has 0 bridgehead atoms. The predicted octanol–water partition coefficient (Wildman–Crippen LogP) is 1.94. The first-order chi connectivity index (χ1) is 4.81. The number of allylic oxidation sites excluding steroid dienone is 1. The quantitative estimate of drug-likeness (QED) is 0.468. The molecule has 2 nitrogen and oxygen atoms in total. The van der Waals surface area contributed by atoms with Crippen molar-refractivity contribution in [1.82, 2.24) is 5.32 Å². The Bertz CT molecular complexity index is 125. The summed E-state index contributed by atoms with van der Waals surface area (Å²) in [6.07, 6.45) is 6.02. The van der Waals surface area contributed by atoms with Crippen molar-refractivity contribution in [3.8, 4) is 0 Å². The summed E-state index contributed by atoms with van der Waals surface area (Å²) in [7, 11) is 1.75. The Kier molecular flexibility index (Phi) is 5.83. The molecule has 0 aliphatic carbocycles. The van der Waals surface area contributed by atoms with E-state index in [0.29, 0.717) is 0 Å². The van der Waals surface area contributed by atoms with Crippen molar-refractivity contribution in [3.63, 3.8) is 0 Å². The van der Waals surface area contributed by atoms with Crippen LogP contribution >= 0.6 is 0 Å². The lowest BCUT2D eigenvalue weighted by molar-refractivity contribution is 0.896. The fraction of sp³-hybridized carbons (Fsp3) is 0.625. The zero-order valence-corrected chi connectivity index (χ0v) is 7.02. The van der Waals surface area contributed by atoms with Gasteiger partial charge in [0.25, 0.3) is 0 Å². The molecule has 0 aliphatic heterocycles. The van der Waals surface area contributed by atoms with Gasteiger partial charge < -0.3 is 5.32 Å². The van der Waals surface area contributed by atoms with Gasteiger partial charge in [0.1, 0.15) is 0 Å². The third kappa shape index (κ3) is 5.35. The second-order valence-electron chi connectivity index (χ2n) is 2.29.